The highest BCUT2D eigenvalue weighted by molar-refractivity contribution is 5.85. The van der Waals surface area contributed by atoms with Crippen LogP contribution in [-0.2, 0) is 4.79 Å². The molecule has 0 aromatic heterocycles. The lowest BCUT2D eigenvalue weighted by molar-refractivity contribution is -0.142. The van der Waals surface area contributed by atoms with Crippen LogP contribution in [-0.4, -0.2) is 29.9 Å². The van der Waals surface area contributed by atoms with Gasteiger partial charge < -0.3 is 10.6 Å². The quantitative estimate of drug-likeness (QED) is 0.865. The Hall–Kier alpha value is -0.280. The van der Waals surface area contributed by atoms with E-state index in [0.717, 1.165) is 32.4 Å². The third kappa shape index (κ3) is 5.31. The average molecular weight is 291 g/mol. The van der Waals surface area contributed by atoms with Gasteiger partial charge in [-0.2, -0.15) is 0 Å². The molecule has 3 nitrogen and oxygen atoms in total. The molecule has 19 heavy (non-hydrogen) atoms. The van der Waals surface area contributed by atoms with Crippen molar-refractivity contribution in [2.75, 3.05) is 13.1 Å². The van der Waals surface area contributed by atoms with E-state index in [1.807, 2.05) is 4.90 Å². The van der Waals surface area contributed by atoms with Crippen LogP contribution < -0.4 is 5.73 Å². The fraction of sp³-hybridized carbons (Fsp3) is 0.933. The van der Waals surface area contributed by atoms with E-state index >= 15 is 0 Å². The van der Waals surface area contributed by atoms with Crippen molar-refractivity contribution in [1.29, 1.82) is 0 Å². The summed E-state index contributed by atoms with van der Waals surface area (Å²) >= 11 is 0. The van der Waals surface area contributed by atoms with Gasteiger partial charge in [0.15, 0.2) is 0 Å². The van der Waals surface area contributed by atoms with Gasteiger partial charge in [-0.1, -0.05) is 27.7 Å². The van der Waals surface area contributed by atoms with Crippen molar-refractivity contribution >= 4 is 18.3 Å². The predicted octanol–water partition coefficient (Wildman–Crippen LogP) is 3.07. The van der Waals surface area contributed by atoms with Crippen molar-refractivity contribution < 1.29 is 4.79 Å². The smallest absolute Gasteiger partial charge is 0.228 e. The number of hydrogen-bond donors (Lipinski definition) is 1. The van der Waals surface area contributed by atoms with Crippen molar-refractivity contribution in [2.45, 2.75) is 59.9 Å². The first-order valence-electron chi connectivity index (χ1n) is 7.29. The third-order valence-corrected chi connectivity index (χ3v) is 4.07. The van der Waals surface area contributed by atoms with Crippen LogP contribution in [0.25, 0.3) is 0 Å². The highest BCUT2D eigenvalue weighted by Crippen LogP contribution is 2.30. The molecular weight excluding hydrogens is 260 g/mol. The molecule has 0 aliphatic carbocycles. The molecule has 0 radical (unpaired) electrons. The standard InChI is InChI=1S/C15H30N2O.ClH/c1-11(2)10-15(4,5)14(18)17-8-6-13(7-9-17)12(3)16;/h11-13H,6-10,16H2,1-5H3;1H. The van der Waals surface area contributed by atoms with Crippen molar-refractivity contribution in [1.82, 2.24) is 4.90 Å². The van der Waals surface area contributed by atoms with E-state index in [-0.39, 0.29) is 23.9 Å². The first kappa shape index (κ1) is 18.7. The number of piperidine rings is 1. The van der Waals surface area contributed by atoms with Gasteiger partial charge >= 0.3 is 0 Å². The van der Waals surface area contributed by atoms with Gasteiger partial charge in [-0.25, -0.2) is 0 Å². The summed E-state index contributed by atoms with van der Waals surface area (Å²) in [5, 5.41) is 0. The number of nitrogens with zero attached hydrogens (tertiary/aromatic N) is 1. The number of carbonyl (C=O) groups is 1. The second-order valence-electron chi connectivity index (χ2n) is 6.97. The Kier molecular flexibility index (Phi) is 7.38. The maximum absolute atomic E-state index is 12.5. The molecular formula is C15H31ClN2O. The third-order valence-electron chi connectivity index (χ3n) is 4.07. The molecule has 1 unspecified atom stereocenters. The van der Waals surface area contributed by atoms with E-state index in [0.29, 0.717) is 17.7 Å². The van der Waals surface area contributed by atoms with Gasteiger partial charge in [-0.3, -0.25) is 4.79 Å². The predicted molar refractivity (Wildman–Crippen MR) is 83.4 cm³/mol. The lowest BCUT2D eigenvalue weighted by atomic mass is 9.81. The van der Waals surface area contributed by atoms with Gasteiger partial charge in [0, 0.05) is 24.5 Å². The summed E-state index contributed by atoms with van der Waals surface area (Å²) in [6, 6.07) is 0.255. The second-order valence-corrected chi connectivity index (χ2v) is 6.97. The summed E-state index contributed by atoms with van der Waals surface area (Å²) in [6.07, 6.45) is 3.07. The molecule has 0 bridgehead atoms. The van der Waals surface area contributed by atoms with Crippen LogP contribution >= 0.6 is 12.4 Å². The molecule has 1 amide bonds. The molecule has 1 heterocycles. The number of nitrogens with two attached hydrogens (primary N) is 1. The Bertz CT molecular complexity index is 282. The summed E-state index contributed by atoms with van der Waals surface area (Å²) in [7, 11) is 0. The first-order valence-corrected chi connectivity index (χ1v) is 7.29. The fourth-order valence-electron chi connectivity index (χ4n) is 3.16. The summed E-state index contributed by atoms with van der Waals surface area (Å²) in [5.41, 5.74) is 5.71. The Labute approximate surface area is 124 Å². The van der Waals surface area contributed by atoms with Crippen LogP contribution in [0, 0.1) is 17.3 Å². The lowest BCUT2D eigenvalue weighted by Crippen LogP contribution is -2.47. The van der Waals surface area contributed by atoms with E-state index in [1.165, 1.54) is 0 Å². The second kappa shape index (κ2) is 7.49. The van der Waals surface area contributed by atoms with Gasteiger partial charge in [-0.05, 0) is 38.0 Å². The summed E-state index contributed by atoms with van der Waals surface area (Å²) in [4.78, 5) is 14.6. The van der Waals surface area contributed by atoms with Crippen LogP contribution in [0.15, 0.2) is 0 Å². The van der Waals surface area contributed by atoms with E-state index in [1.54, 1.807) is 0 Å². The van der Waals surface area contributed by atoms with Gasteiger partial charge in [0.05, 0.1) is 0 Å². The Morgan fingerprint density at radius 3 is 2.11 bits per heavy atom. The summed E-state index contributed by atoms with van der Waals surface area (Å²) in [6.45, 7) is 12.3. The number of carbonyl (C=O) groups excluding carboxylic acids is 1. The van der Waals surface area contributed by atoms with Crippen LogP contribution in [0.5, 0.6) is 0 Å². The zero-order valence-corrected chi connectivity index (χ0v) is 13.9. The minimum Gasteiger partial charge on any atom is -0.342 e. The van der Waals surface area contributed by atoms with Crippen molar-refractivity contribution in [3.63, 3.8) is 0 Å². The van der Waals surface area contributed by atoms with Crippen LogP contribution in [0.4, 0.5) is 0 Å². The topological polar surface area (TPSA) is 46.3 Å². The highest BCUT2D eigenvalue weighted by Gasteiger charge is 2.34. The molecule has 0 aromatic rings. The van der Waals surface area contributed by atoms with Gasteiger partial charge in [0.25, 0.3) is 0 Å². The molecule has 1 atom stereocenters. The molecule has 0 aromatic carbocycles. The Balaban J connectivity index is 0.00000324. The average Bonchev–Trinajstić information content (AvgIpc) is 2.26. The summed E-state index contributed by atoms with van der Waals surface area (Å²) < 4.78 is 0. The minimum absolute atomic E-state index is 0. The summed E-state index contributed by atoms with van der Waals surface area (Å²) in [5.74, 6) is 1.46. The van der Waals surface area contributed by atoms with Crippen molar-refractivity contribution in [3.8, 4) is 0 Å². The van der Waals surface area contributed by atoms with Gasteiger partial charge in [-0.15, -0.1) is 12.4 Å². The molecule has 0 saturated carbocycles. The number of rotatable bonds is 4. The normalized spacial score (nSPS) is 19.2. The molecule has 4 heteroatoms. The van der Waals surface area contributed by atoms with Gasteiger partial charge in [0.1, 0.15) is 0 Å². The number of amides is 1. The molecule has 1 aliphatic heterocycles. The minimum atomic E-state index is -0.227. The molecule has 114 valence electrons. The Morgan fingerprint density at radius 2 is 1.74 bits per heavy atom. The molecule has 2 N–H and O–H groups in total. The van der Waals surface area contributed by atoms with E-state index in [9.17, 15) is 4.79 Å². The van der Waals surface area contributed by atoms with Crippen molar-refractivity contribution in [2.24, 2.45) is 23.0 Å². The van der Waals surface area contributed by atoms with E-state index in [2.05, 4.69) is 34.6 Å². The zero-order valence-electron chi connectivity index (χ0n) is 13.1. The maximum atomic E-state index is 12.5. The lowest BCUT2D eigenvalue weighted by Gasteiger charge is -2.38. The molecule has 1 fully saturated rings. The number of halogens is 1. The van der Waals surface area contributed by atoms with Crippen molar-refractivity contribution in [3.05, 3.63) is 0 Å². The fourth-order valence-corrected chi connectivity index (χ4v) is 3.16. The monoisotopic (exact) mass is 290 g/mol. The van der Waals surface area contributed by atoms with Crippen LogP contribution in [0.2, 0.25) is 0 Å². The molecule has 1 rings (SSSR count). The van der Waals surface area contributed by atoms with Crippen LogP contribution in [0.3, 0.4) is 0 Å². The SMILES string of the molecule is CC(C)CC(C)(C)C(=O)N1CCC(C(C)N)CC1.Cl. The van der Waals surface area contributed by atoms with Crippen LogP contribution in [0.1, 0.15) is 53.9 Å². The highest BCUT2D eigenvalue weighted by atomic mass is 35.5. The van der Waals surface area contributed by atoms with E-state index in [4.69, 9.17) is 5.73 Å². The zero-order chi connectivity index (χ0) is 13.9. The molecule has 1 aliphatic rings. The first-order chi connectivity index (χ1) is 8.24. The Morgan fingerprint density at radius 1 is 1.26 bits per heavy atom. The number of hydrogen-bond acceptors (Lipinski definition) is 2. The maximum Gasteiger partial charge on any atom is 0.228 e. The molecule has 1 saturated heterocycles. The largest absolute Gasteiger partial charge is 0.342 e. The van der Waals surface area contributed by atoms with E-state index < -0.39 is 0 Å². The van der Waals surface area contributed by atoms with Gasteiger partial charge in [0.2, 0.25) is 5.91 Å². The number of likely N-dealkylation sites (tertiary alicyclic amines) is 1. The molecule has 0 spiro atoms.